The topological polar surface area (TPSA) is 32.3 Å². The molecule has 0 saturated carbocycles. The van der Waals surface area contributed by atoms with Crippen LogP contribution in [0, 0.1) is 0 Å². The average molecular weight is 278 g/mol. The van der Waals surface area contributed by atoms with E-state index in [0.29, 0.717) is 0 Å². The number of hydrogen-bond donors (Lipinski definition) is 1. The first-order valence-electron chi connectivity index (χ1n) is 6.73. The summed E-state index contributed by atoms with van der Waals surface area (Å²) >= 11 is 1.96. The lowest BCUT2D eigenvalue weighted by Crippen LogP contribution is -2.33. The van der Waals surface area contributed by atoms with Crippen molar-refractivity contribution in [2.24, 2.45) is 0 Å². The zero-order valence-electron chi connectivity index (χ0n) is 11.9. The molecular weight excluding hydrogens is 256 g/mol. The predicted octanol–water partition coefficient (Wildman–Crippen LogP) is 3.09. The summed E-state index contributed by atoms with van der Waals surface area (Å²) in [6.07, 6.45) is 1.05. The average Bonchev–Trinajstić information content (AvgIpc) is 2.59. The van der Waals surface area contributed by atoms with E-state index in [0.717, 1.165) is 36.5 Å². The Morgan fingerprint density at radius 1 is 1.26 bits per heavy atom. The van der Waals surface area contributed by atoms with Crippen LogP contribution >= 0.6 is 11.8 Å². The Labute approximate surface area is 119 Å². The number of carbonyl (C=O) groups excluding carboxylic acids is 1. The van der Waals surface area contributed by atoms with Crippen molar-refractivity contribution >= 4 is 23.4 Å². The van der Waals surface area contributed by atoms with Gasteiger partial charge in [-0.25, -0.2) is 0 Å². The number of rotatable bonds is 2. The van der Waals surface area contributed by atoms with Crippen molar-refractivity contribution in [2.45, 2.75) is 25.0 Å². The molecule has 0 bridgehead atoms. The van der Waals surface area contributed by atoms with Crippen LogP contribution in [0.25, 0.3) is 0 Å². The molecule has 4 heteroatoms. The van der Waals surface area contributed by atoms with Gasteiger partial charge in [-0.2, -0.15) is 11.8 Å². The van der Waals surface area contributed by atoms with Crippen LogP contribution in [-0.4, -0.2) is 41.4 Å². The molecule has 0 aromatic heterocycles. The summed E-state index contributed by atoms with van der Waals surface area (Å²) in [5.41, 5.74) is 1.81. The first-order valence-corrected chi connectivity index (χ1v) is 7.71. The molecule has 0 spiro atoms. The van der Waals surface area contributed by atoms with Crippen molar-refractivity contribution in [1.29, 1.82) is 0 Å². The van der Waals surface area contributed by atoms with Crippen LogP contribution in [0.1, 0.15) is 30.6 Å². The number of anilines is 1. The molecule has 0 unspecified atom stereocenters. The van der Waals surface area contributed by atoms with E-state index >= 15 is 0 Å². The van der Waals surface area contributed by atoms with Crippen molar-refractivity contribution in [3.05, 3.63) is 29.8 Å². The molecule has 104 valence electrons. The highest BCUT2D eigenvalue weighted by Crippen LogP contribution is 2.31. The Kier molecular flexibility index (Phi) is 4.40. The Morgan fingerprint density at radius 2 is 1.95 bits per heavy atom. The van der Waals surface area contributed by atoms with Crippen LogP contribution < -0.4 is 5.32 Å². The van der Waals surface area contributed by atoms with Gasteiger partial charge in [-0.1, -0.05) is 13.8 Å². The van der Waals surface area contributed by atoms with Gasteiger partial charge in [0, 0.05) is 41.9 Å². The van der Waals surface area contributed by atoms with Crippen molar-refractivity contribution < 1.29 is 4.79 Å². The monoisotopic (exact) mass is 278 g/mol. The molecule has 1 aromatic rings. The Bertz CT molecular complexity index is 442. The van der Waals surface area contributed by atoms with Crippen LogP contribution in [0.5, 0.6) is 0 Å². The third-order valence-electron chi connectivity index (χ3n) is 3.55. The van der Waals surface area contributed by atoms with Gasteiger partial charge in [-0.15, -0.1) is 0 Å². The van der Waals surface area contributed by atoms with E-state index in [1.165, 1.54) is 0 Å². The maximum atomic E-state index is 12.5. The Hall–Kier alpha value is -1.16. The first kappa shape index (κ1) is 14.3. The standard InChI is InChI=1S/C15H22N2OS/c1-15(2)8-9-17(10-11-19-15)14(18)12-4-6-13(16-3)7-5-12/h4-7,16H,8-11H2,1-3H3. The second-order valence-corrected chi connectivity index (χ2v) is 7.28. The van der Waals surface area contributed by atoms with Crippen molar-refractivity contribution in [1.82, 2.24) is 4.90 Å². The molecule has 1 heterocycles. The maximum absolute atomic E-state index is 12.5. The van der Waals surface area contributed by atoms with Crippen molar-refractivity contribution in [2.75, 3.05) is 31.2 Å². The molecule has 0 atom stereocenters. The molecule has 1 N–H and O–H groups in total. The highest BCUT2D eigenvalue weighted by Gasteiger charge is 2.26. The Balaban J connectivity index is 2.06. The number of carbonyl (C=O) groups is 1. The van der Waals surface area contributed by atoms with Gasteiger partial charge in [0.05, 0.1) is 0 Å². The molecule has 0 aliphatic carbocycles. The van der Waals surface area contributed by atoms with E-state index in [-0.39, 0.29) is 10.7 Å². The fourth-order valence-electron chi connectivity index (χ4n) is 2.19. The minimum Gasteiger partial charge on any atom is -0.388 e. The molecule has 3 nitrogen and oxygen atoms in total. The lowest BCUT2D eigenvalue weighted by molar-refractivity contribution is 0.0764. The summed E-state index contributed by atoms with van der Waals surface area (Å²) in [6.45, 7) is 6.22. The van der Waals surface area contributed by atoms with Crippen LogP contribution in [0.15, 0.2) is 24.3 Å². The number of thioether (sulfide) groups is 1. The molecule has 1 aliphatic heterocycles. The highest BCUT2D eigenvalue weighted by atomic mass is 32.2. The predicted molar refractivity (Wildman–Crippen MR) is 83.0 cm³/mol. The highest BCUT2D eigenvalue weighted by molar-refractivity contribution is 8.00. The van der Waals surface area contributed by atoms with Crippen LogP contribution in [0.3, 0.4) is 0 Å². The number of benzene rings is 1. The van der Waals surface area contributed by atoms with E-state index in [4.69, 9.17) is 0 Å². The maximum Gasteiger partial charge on any atom is 0.253 e. The molecule has 1 amide bonds. The summed E-state index contributed by atoms with van der Waals surface area (Å²) in [7, 11) is 1.88. The smallest absolute Gasteiger partial charge is 0.253 e. The third kappa shape index (κ3) is 3.66. The quantitative estimate of drug-likeness (QED) is 0.902. The van der Waals surface area contributed by atoms with Gasteiger partial charge >= 0.3 is 0 Å². The molecular formula is C15H22N2OS. The molecule has 1 aliphatic rings. The molecule has 19 heavy (non-hydrogen) atoms. The van der Waals surface area contributed by atoms with E-state index in [9.17, 15) is 4.79 Å². The second kappa shape index (κ2) is 5.87. The summed E-state index contributed by atoms with van der Waals surface area (Å²) in [4.78, 5) is 14.4. The number of hydrogen-bond acceptors (Lipinski definition) is 3. The van der Waals surface area contributed by atoms with Crippen LogP contribution in [-0.2, 0) is 0 Å². The largest absolute Gasteiger partial charge is 0.388 e. The zero-order valence-corrected chi connectivity index (χ0v) is 12.7. The molecule has 1 aromatic carbocycles. The molecule has 1 saturated heterocycles. The van der Waals surface area contributed by atoms with Crippen molar-refractivity contribution in [3.63, 3.8) is 0 Å². The van der Waals surface area contributed by atoms with Crippen LogP contribution in [0.2, 0.25) is 0 Å². The fourth-order valence-corrected chi connectivity index (χ4v) is 3.29. The fraction of sp³-hybridized carbons (Fsp3) is 0.533. The van der Waals surface area contributed by atoms with E-state index in [1.54, 1.807) is 0 Å². The number of nitrogens with one attached hydrogen (secondary N) is 1. The lowest BCUT2D eigenvalue weighted by atomic mass is 10.1. The van der Waals surface area contributed by atoms with Gasteiger partial charge in [0.15, 0.2) is 0 Å². The van der Waals surface area contributed by atoms with Gasteiger partial charge < -0.3 is 10.2 Å². The number of amides is 1. The van der Waals surface area contributed by atoms with Gasteiger partial charge in [0.1, 0.15) is 0 Å². The van der Waals surface area contributed by atoms with Gasteiger partial charge in [-0.05, 0) is 30.7 Å². The Morgan fingerprint density at radius 3 is 2.58 bits per heavy atom. The van der Waals surface area contributed by atoms with E-state index in [1.807, 2.05) is 48.0 Å². The molecule has 0 radical (unpaired) electrons. The van der Waals surface area contributed by atoms with Crippen molar-refractivity contribution in [3.8, 4) is 0 Å². The summed E-state index contributed by atoms with van der Waals surface area (Å²) in [6, 6.07) is 7.70. The third-order valence-corrected chi connectivity index (χ3v) is 4.92. The minimum absolute atomic E-state index is 0.154. The summed E-state index contributed by atoms with van der Waals surface area (Å²) in [5.74, 6) is 1.17. The van der Waals surface area contributed by atoms with Gasteiger partial charge in [-0.3, -0.25) is 4.79 Å². The number of nitrogens with zero attached hydrogens (tertiary/aromatic N) is 1. The second-order valence-electron chi connectivity index (χ2n) is 5.48. The van der Waals surface area contributed by atoms with E-state index in [2.05, 4.69) is 19.2 Å². The minimum atomic E-state index is 0.154. The normalized spacial score (nSPS) is 18.8. The SMILES string of the molecule is CNc1ccc(C(=O)N2CCSC(C)(C)CC2)cc1. The summed E-state index contributed by atoms with van der Waals surface area (Å²) < 4.78 is 0.283. The van der Waals surface area contributed by atoms with E-state index < -0.39 is 0 Å². The summed E-state index contributed by atoms with van der Waals surface area (Å²) in [5, 5.41) is 3.07. The van der Waals surface area contributed by atoms with Gasteiger partial charge in [0.25, 0.3) is 5.91 Å². The first-order chi connectivity index (χ1) is 9.02. The molecule has 2 rings (SSSR count). The van der Waals surface area contributed by atoms with Gasteiger partial charge in [0.2, 0.25) is 0 Å². The molecule has 1 fully saturated rings. The lowest BCUT2D eigenvalue weighted by Gasteiger charge is -2.22. The zero-order chi connectivity index (χ0) is 13.9. The van der Waals surface area contributed by atoms with Crippen LogP contribution in [0.4, 0.5) is 5.69 Å².